The zero-order valence-electron chi connectivity index (χ0n) is 14.4. The molecule has 0 atom stereocenters. The lowest BCUT2D eigenvalue weighted by Crippen LogP contribution is -2.38. The largest absolute Gasteiger partial charge is 0.378 e. The summed E-state index contributed by atoms with van der Waals surface area (Å²) in [5.41, 5.74) is 2.07. The fourth-order valence-electron chi connectivity index (χ4n) is 3.57. The molecule has 0 spiro atoms. The topological polar surface area (TPSA) is 75.7 Å². The molecule has 0 bridgehead atoms. The maximum atomic E-state index is 12.3. The number of morpholine rings is 1. The van der Waals surface area contributed by atoms with Crippen LogP contribution >= 0.6 is 0 Å². The van der Waals surface area contributed by atoms with Crippen LogP contribution in [0.1, 0.15) is 31.2 Å². The van der Waals surface area contributed by atoms with Gasteiger partial charge in [0.15, 0.2) is 9.84 Å². The first-order valence-electron chi connectivity index (χ1n) is 8.95. The Morgan fingerprint density at radius 2 is 1.84 bits per heavy atom. The summed E-state index contributed by atoms with van der Waals surface area (Å²) in [5, 5.41) is 2.45. The second-order valence-electron chi connectivity index (χ2n) is 6.72. The fraction of sp³-hybridized carbons (Fsp3) is 0.611. The molecular formula is C18H26N2O4S. The average Bonchev–Trinajstić information content (AvgIpc) is 3.16. The molecule has 0 unspecified atom stereocenters. The predicted octanol–water partition coefficient (Wildman–Crippen LogP) is 1.50. The van der Waals surface area contributed by atoms with Gasteiger partial charge in [0.05, 0.1) is 18.5 Å². The summed E-state index contributed by atoms with van der Waals surface area (Å²) in [6.07, 6.45) is 3.27. The lowest BCUT2D eigenvalue weighted by Gasteiger charge is -2.30. The second-order valence-corrected chi connectivity index (χ2v) is 9.00. The van der Waals surface area contributed by atoms with Crippen LogP contribution in [-0.4, -0.2) is 51.6 Å². The third-order valence-corrected chi connectivity index (χ3v) is 7.11. The van der Waals surface area contributed by atoms with E-state index in [2.05, 4.69) is 10.2 Å². The molecule has 0 aromatic heterocycles. The standard InChI is InChI=1S/C18H26N2O4S/c21-18(14-25(22,23)16-6-2-3-7-16)19-13-15-5-1-4-8-17(15)20-9-11-24-12-10-20/h1,4-5,8,16H,2-3,6-7,9-14H2,(H,19,21). The molecule has 3 rings (SSSR count). The fourth-order valence-corrected chi connectivity index (χ4v) is 5.32. The normalized spacial score (nSPS) is 19.1. The number of para-hydroxylation sites is 1. The molecule has 6 nitrogen and oxygen atoms in total. The van der Waals surface area contributed by atoms with Crippen molar-refractivity contribution in [1.82, 2.24) is 5.32 Å². The summed E-state index contributed by atoms with van der Waals surface area (Å²) < 4.78 is 30.0. The molecule has 1 N–H and O–H groups in total. The first-order valence-corrected chi connectivity index (χ1v) is 10.7. The van der Waals surface area contributed by atoms with Crippen LogP contribution in [0.2, 0.25) is 0 Å². The second kappa shape index (κ2) is 8.19. The molecule has 1 aromatic rings. The first-order chi connectivity index (χ1) is 12.1. The lowest BCUT2D eigenvalue weighted by atomic mass is 10.1. The van der Waals surface area contributed by atoms with Crippen LogP contribution < -0.4 is 10.2 Å². The third kappa shape index (κ3) is 4.73. The highest BCUT2D eigenvalue weighted by molar-refractivity contribution is 7.92. The Kier molecular flexibility index (Phi) is 5.96. The van der Waals surface area contributed by atoms with Crippen LogP contribution in [0.4, 0.5) is 5.69 Å². The molecule has 2 aliphatic rings. The minimum Gasteiger partial charge on any atom is -0.378 e. The Bertz CT molecular complexity index is 693. The SMILES string of the molecule is O=C(CS(=O)(=O)C1CCCC1)NCc1ccccc1N1CCOCC1. The zero-order chi connectivity index (χ0) is 17.7. The Morgan fingerprint density at radius 1 is 1.16 bits per heavy atom. The third-order valence-electron chi connectivity index (χ3n) is 4.96. The van der Waals surface area contributed by atoms with E-state index in [1.165, 1.54) is 0 Å². The van der Waals surface area contributed by atoms with Gasteiger partial charge in [-0.3, -0.25) is 4.79 Å². The van der Waals surface area contributed by atoms with Crippen molar-refractivity contribution in [3.8, 4) is 0 Å². The highest BCUT2D eigenvalue weighted by atomic mass is 32.2. The molecule has 25 heavy (non-hydrogen) atoms. The molecule has 7 heteroatoms. The van der Waals surface area contributed by atoms with E-state index in [1.807, 2.05) is 24.3 Å². The summed E-state index contributed by atoms with van der Waals surface area (Å²) in [7, 11) is -3.33. The van der Waals surface area contributed by atoms with Gasteiger partial charge in [0.2, 0.25) is 5.91 Å². The van der Waals surface area contributed by atoms with Gasteiger partial charge in [0.25, 0.3) is 0 Å². The molecule has 1 saturated carbocycles. The summed E-state index contributed by atoms with van der Waals surface area (Å²) in [4.78, 5) is 14.4. The van der Waals surface area contributed by atoms with Crippen LogP contribution in [0.15, 0.2) is 24.3 Å². The number of amides is 1. The number of ether oxygens (including phenoxy) is 1. The summed E-state index contributed by atoms with van der Waals surface area (Å²) in [6.45, 7) is 3.37. The summed E-state index contributed by atoms with van der Waals surface area (Å²) >= 11 is 0. The van der Waals surface area contributed by atoms with Crippen molar-refractivity contribution in [2.45, 2.75) is 37.5 Å². The maximum Gasteiger partial charge on any atom is 0.235 e. The molecule has 1 amide bonds. The Morgan fingerprint density at radius 3 is 2.56 bits per heavy atom. The van der Waals surface area contributed by atoms with E-state index in [0.29, 0.717) is 32.6 Å². The number of hydrogen-bond donors (Lipinski definition) is 1. The number of carbonyl (C=O) groups excluding carboxylic acids is 1. The summed E-state index contributed by atoms with van der Waals surface area (Å²) in [5.74, 6) is -0.819. The van der Waals surface area contributed by atoms with E-state index in [4.69, 9.17) is 4.74 Å². The highest BCUT2D eigenvalue weighted by Gasteiger charge is 2.30. The van der Waals surface area contributed by atoms with Gasteiger partial charge < -0.3 is 15.0 Å². The molecule has 0 radical (unpaired) electrons. The Labute approximate surface area is 149 Å². The van der Waals surface area contributed by atoms with Gasteiger partial charge in [-0.1, -0.05) is 31.0 Å². The van der Waals surface area contributed by atoms with E-state index in [0.717, 1.165) is 37.2 Å². The number of nitrogens with one attached hydrogen (secondary N) is 1. The molecule has 1 aliphatic carbocycles. The number of carbonyl (C=O) groups is 1. The quantitative estimate of drug-likeness (QED) is 0.826. The van der Waals surface area contributed by atoms with E-state index < -0.39 is 21.5 Å². The van der Waals surface area contributed by atoms with E-state index in [-0.39, 0.29) is 5.25 Å². The van der Waals surface area contributed by atoms with Crippen molar-refractivity contribution < 1.29 is 17.9 Å². The molecule has 1 aliphatic heterocycles. The van der Waals surface area contributed by atoms with Crippen molar-refractivity contribution in [2.24, 2.45) is 0 Å². The molecule has 138 valence electrons. The van der Waals surface area contributed by atoms with Gasteiger partial charge in [0.1, 0.15) is 5.75 Å². The van der Waals surface area contributed by atoms with Crippen LogP contribution in [0, 0.1) is 0 Å². The molecule has 1 saturated heterocycles. The van der Waals surface area contributed by atoms with E-state index >= 15 is 0 Å². The van der Waals surface area contributed by atoms with Gasteiger partial charge in [-0.25, -0.2) is 8.42 Å². The number of nitrogens with zero attached hydrogens (tertiary/aromatic N) is 1. The van der Waals surface area contributed by atoms with E-state index in [9.17, 15) is 13.2 Å². The van der Waals surface area contributed by atoms with Crippen LogP contribution in [0.3, 0.4) is 0 Å². The predicted molar refractivity (Wildman–Crippen MR) is 97.4 cm³/mol. The number of hydrogen-bond acceptors (Lipinski definition) is 5. The molecule has 1 aromatic carbocycles. The van der Waals surface area contributed by atoms with Crippen molar-refractivity contribution in [1.29, 1.82) is 0 Å². The smallest absolute Gasteiger partial charge is 0.235 e. The van der Waals surface area contributed by atoms with E-state index in [1.54, 1.807) is 0 Å². The minimum absolute atomic E-state index is 0.334. The van der Waals surface area contributed by atoms with Gasteiger partial charge in [-0.2, -0.15) is 0 Å². The molecular weight excluding hydrogens is 340 g/mol. The van der Waals surface area contributed by atoms with Gasteiger partial charge >= 0.3 is 0 Å². The number of sulfone groups is 1. The van der Waals surface area contributed by atoms with Gasteiger partial charge in [0, 0.05) is 25.3 Å². The first kappa shape index (κ1) is 18.2. The van der Waals surface area contributed by atoms with Crippen LogP contribution in [-0.2, 0) is 25.9 Å². The average molecular weight is 366 g/mol. The molecule has 1 heterocycles. The van der Waals surface area contributed by atoms with Crippen molar-refractivity contribution in [3.05, 3.63) is 29.8 Å². The van der Waals surface area contributed by atoms with Crippen molar-refractivity contribution >= 4 is 21.4 Å². The zero-order valence-corrected chi connectivity index (χ0v) is 15.3. The lowest BCUT2D eigenvalue weighted by molar-refractivity contribution is -0.118. The minimum atomic E-state index is -3.33. The van der Waals surface area contributed by atoms with Crippen molar-refractivity contribution in [2.75, 3.05) is 37.0 Å². The Hall–Kier alpha value is -1.60. The Balaban J connectivity index is 1.58. The molecule has 2 fully saturated rings. The monoisotopic (exact) mass is 366 g/mol. The summed E-state index contributed by atoms with van der Waals surface area (Å²) in [6, 6.07) is 7.90. The van der Waals surface area contributed by atoms with Crippen LogP contribution in [0.25, 0.3) is 0 Å². The van der Waals surface area contributed by atoms with Crippen molar-refractivity contribution in [3.63, 3.8) is 0 Å². The van der Waals surface area contributed by atoms with Crippen LogP contribution in [0.5, 0.6) is 0 Å². The van der Waals surface area contributed by atoms with Gasteiger partial charge in [-0.05, 0) is 24.5 Å². The number of benzene rings is 1. The highest BCUT2D eigenvalue weighted by Crippen LogP contribution is 2.25. The maximum absolute atomic E-state index is 12.3. The van der Waals surface area contributed by atoms with Gasteiger partial charge in [-0.15, -0.1) is 0 Å². The number of anilines is 1. The number of rotatable bonds is 6.